The molecule has 0 aliphatic carbocycles. The Labute approximate surface area is 123 Å². The Kier molecular flexibility index (Phi) is 4.01. The van der Waals surface area contributed by atoms with Gasteiger partial charge in [-0.1, -0.05) is 30.3 Å². The lowest BCUT2D eigenvalue weighted by atomic mass is 9.99. The van der Waals surface area contributed by atoms with Crippen molar-refractivity contribution in [1.82, 2.24) is 9.55 Å². The molecule has 1 N–H and O–H groups in total. The molecule has 21 heavy (non-hydrogen) atoms. The van der Waals surface area contributed by atoms with Gasteiger partial charge in [0.1, 0.15) is 0 Å². The van der Waals surface area contributed by atoms with Crippen molar-refractivity contribution in [1.29, 1.82) is 0 Å². The summed E-state index contributed by atoms with van der Waals surface area (Å²) in [5.41, 5.74) is 3.10. The minimum absolute atomic E-state index is 0.102. The van der Waals surface area contributed by atoms with Gasteiger partial charge in [0.15, 0.2) is 0 Å². The summed E-state index contributed by atoms with van der Waals surface area (Å²) in [6, 6.07) is 10.0. The lowest BCUT2D eigenvalue weighted by Gasteiger charge is -2.14. The van der Waals surface area contributed by atoms with Gasteiger partial charge in [-0.15, -0.1) is 0 Å². The molecule has 1 unspecified atom stereocenters. The van der Waals surface area contributed by atoms with Gasteiger partial charge in [0, 0.05) is 24.6 Å². The molecular formula is C16H18N2O3. The number of aryl methyl sites for hydroxylation is 1. The molecule has 0 saturated carbocycles. The van der Waals surface area contributed by atoms with Gasteiger partial charge in [-0.3, -0.25) is 4.79 Å². The third-order valence-corrected chi connectivity index (χ3v) is 3.81. The van der Waals surface area contributed by atoms with E-state index >= 15 is 0 Å². The number of carboxylic acids is 1. The van der Waals surface area contributed by atoms with Crippen molar-refractivity contribution in [2.24, 2.45) is 0 Å². The van der Waals surface area contributed by atoms with E-state index in [2.05, 4.69) is 4.98 Å². The maximum absolute atomic E-state index is 10.8. The van der Waals surface area contributed by atoms with Crippen molar-refractivity contribution < 1.29 is 14.6 Å². The number of carbonyl (C=O) groups is 1. The number of carboxylic acid groups (broad SMARTS) is 1. The molecule has 5 nitrogen and oxygen atoms in total. The van der Waals surface area contributed by atoms with Gasteiger partial charge in [0.25, 0.3) is 0 Å². The van der Waals surface area contributed by atoms with Crippen LogP contribution in [0.25, 0.3) is 11.3 Å². The van der Waals surface area contributed by atoms with E-state index < -0.39 is 5.97 Å². The zero-order chi connectivity index (χ0) is 14.7. The predicted molar refractivity (Wildman–Crippen MR) is 78.1 cm³/mol. The van der Waals surface area contributed by atoms with Crippen LogP contribution in [0.3, 0.4) is 0 Å². The Balaban J connectivity index is 1.97. The van der Waals surface area contributed by atoms with Crippen molar-refractivity contribution in [2.45, 2.75) is 25.3 Å². The Morgan fingerprint density at radius 2 is 2.19 bits per heavy atom. The Hall–Kier alpha value is -2.14. The van der Waals surface area contributed by atoms with E-state index in [0.717, 1.165) is 30.0 Å². The summed E-state index contributed by atoms with van der Waals surface area (Å²) in [4.78, 5) is 15.3. The molecule has 0 spiro atoms. The van der Waals surface area contributed by atoms with Gasteiger partial charge in [-0.25, -0.2) is 4.98 Å². The summed E-state index contributed by atoms with van der Waals surface area (Å²) < 4.78 is 7.46. The van der Waals surface area contributed by atoms with Crippen LogP contribution in [0.1, 0.15) is 24.5 Å². The summed E-state index contributed by atoms with van der Waals surface area (Å²) in [6.07, 6.45) is 2.81. The summed E-state index contributed by atoms with van der Waals surface area (Å²) in [5, 5.41) is 8.90. The second-order valence-electron chi connectivity index (χ2n) is 5.24. The van der Waals surface area contributed by atoms with Crippen LogP contribution in [0.5, 0.6) is 0 Å². The fourth-order valence-corrected chi connectivity index (χ4v) is 2.78. The van der Waals surface area contributed by atoms with E-state index in [9.17, 15) is 4.79 Å². The molecule has 1 saturated heterocycles. The van der Waals surface area contributed by atoms with Gasteiger partial charge in [0.2, 0.25) is 0 Å². The van der Waals surface area contributed by atoms with E-state index in [4.69, 9.17) is 9.84 Å². The average molecular weight is 286 g/mol. The summed E-state index contributed by atoms with van der Waals surface area (Å²) in [6.45, 7) is 1.88. The summed E-state index contributed by atoms with van der Waals surface area (Å²) in [7, 11) is 0. The van der Waals surface area contributed by atoms with Crippen LogP contribution in [0, 0.1) is 0 Å². The van der Waals surface area contributed by atoms with Crippen LogP contribution < -0.4 is 0 Å². The standard InChI is InChI=1S/C16H18N2O3/c19-14(20)6-8-18-11-17-15(12-4-2-1-3-5-12)16(18)13-7-9-21-10-13/h1-5,11,13H,6-10H2,(H,19,20). The van der Waals surface area contributed by atoms with Crippen LogP contribution in [-0.2, 0) is 16.1 Å². The van der Waals surface area contributed by atoms with Crippen LogP contribution >= 0.6 is 0 Å². The zero-order valence-corrected chi connectivity index (χ0v) is 11.7. The molecule has 3 rings (SSSR count). The molecule has 2 aromatic rings. The quantitative estimate of drug-likeness (QED) is 0.917. The lowest BCUT2D eigenvalue weighted by Crippen LogP contribution is -2.11. The number of benzene rings is 1. The third-order valence-electron chi connectivity index (χ3n) is 3.81. The van der Waals surface area contributed by atoms with Crippen molar-refractivity contribution in [3.8, 4) is 11.3 Å². The molecule has 1 fully saturated rings. The molecule has 1 atom stereocenters. The van der Waals surface area contributed by atoms with Crippen LogP contribution in [0.2, 0.25) is 0 Å². The van der Waals surface area contributed by atoms with E-state index in [1.54, 1.807) is 6.33 Å². The van der Waals surface area contributed by atoms with Crippen LogP contribution in [0.4, 0.5) is 0 Å². The zero-order valence-electron chi connectivity index (χ0n) is 11.7. The molecule has 1 aromatic heterocycles. The highest BCUT2D eigenvalue weighted by Gasteiger charge is 2.25. The molecular weight excluding hydrogens is 268 g/mol. The minimum atomic E-state index is -0.793. The first kappa shape index (κ1) is 13.8. The predicted octanol–water partition coefficient (Wildman–Crippen LogP) is 2.53. The van der Waals surface area contributed by atoms with Crippen molar-refractivity contribution >= 4 is 5.97 Å². The van der Waals surface area contributed by atoms with E-state index in [0.29, 0.717) is 13.2 Å². The normalized spacial score (nSPS) is 18.0. The smallest absolute Gasteiger partial charge is 0.305 e. The van der Waals surface area contributed by atoms with Gasteiger partial charge in [-0.05, 0) is 6.42 Å². The highest BCUT2D eigenvalue weighted by Crippen LogP contribution is 2.33. The van der Waals surface area contributed by atoms with Gasteiger partial charge in [0.05, 0.1) is 30.7 Å². The van der Waals surface area contributed by atoms with Gasteiger partial charge in [-0.2, -0.15) is 0 Å². The number of nitrogens with zero attached hydrogens (tertiary/aromatic N) is 2. The SMILES string of the molecule is O=C(O)CCn1cnc(-c2ccccc2)c1C1CCOC1. The van der Waals surface area contributed by atoms with Crippen LogP contribution in [-0.4, -0.2) is 33.8 Å². The Morgan fingerprint density at radius 1 is 1.38 bits per heavy atom. The molecule has 1 aliphatic heterocycles. The monoisotopic (exact) mass is 286 g/mol. The van der Waals surface area contributed by atoms with Gasteiger partial charge < -0.3 is 14.4 Å². The minimum Gasteiger partial charge on any atom is -0.481 e. The largest absolute Gasteiger partial charge is 0.481 e. The number of aliphatic carboxylic acids is 1. The first-order chi connectivity index (χ1) is 10.3. The summed E-state index contributed by atoms with van der Waals surface area (Å²) >= 11 is 0. The van der Waals surface area contributed by atoms with E-state index in [1.807, 2.05) is 34.9 Å². The first-order valence-electron chi connectivity index (χ1n) is 7.15. The van der Waals surface area contributed by atoms with Gasteiger partial charge >= 0.3 is 5.97 Å². The van der Waals surface area contributed by atoms with Crippen molar-refractivity contribution in [2.75, 3.05) is 13.2 Å². The lowest BCUT2D eigenvalue weighted by molar-refractivity contribution is -0.137. The van der Waals surface area contributed by atoms with Crippen molar-refractivity contribution in [3.05, 3.63) is 42.4 Å². The number of imidazole rings is 1. The molecule has 1 aromatic carbocycles. The third kappa shape index (κ3) is 2.97. The molecule has 2 heterocycles. The summed E-state index contributed by atoms with van der Waals surface area (Å²) in [5.74, 6) is -0.505. The molecule has 5 heteroatoms. The molecule has 1 aliphatic rings. The second kappa shape index (κ2) is 6.10. The average Bonchev–Trinajstić information content (AvgIpc) is 3.15. The Bertz CT molecular complexity index is 616. The van der Waals surface area contributed by atoms with E-state index in [-0.39, 0.29) is 12.3 Å². The molecule has 0 amide bonds. The van der Waals surface area contributed by atoms with E-state index in [1.165, 1.54) is 0 Å². The Morgan fingerprint density at radius 3 is 2.86 bits per heavy atom. The molecule has 0 radical (unpaired) electrons. The molecule has 110 valence electrons. The highest BCUT2D eigenvalue weighted by atomic mass is 16.5. The number of hydrogen-bond donors (Lipinski definition) is 1. The fraction of sp³-hybridized carbons (Fsp3) is 0.375. The number of aromatic nitrogens is 2. The first-order valence-corrected chi connectivity index (χ1v) is 7.15. The maximum atomic E-state index is 10.8. The number of hydrogen-bond acceptors (Lipinski definition) is 3. The van der Waals surface area contributed by atoms with Crippen molar-refractivity contribution in [3.63, 3.8) is 0 Å². The highest BCUT2D eigenvalue weighted by molar-refractivity contribution is 5.67. The molecule has 0 bridgehead atoms. The number of ether oxygens (including phenoxy) is 1. The fourth-order valence-electron chi connectivity index (χ4n) is 2.78. The number of rotatable bonds is 5. The maximum Gasteiger partial charge on any atom is 0.305 e. The topological polar surface area (TPSA) is 64.3 Å². The second-order valence-corrected chi connectivity index (χ2v) is 5.24. The van der Waals surface area contributed by atoms with Crippen LogP contribution in [0.15, 0.2) is 36.7 Å².